The maximum atomic E-state index is 4.22. The number of allylic oxidation sites excluding steroid dienone is 3. The molecule has 2 heteroatoms. The van der Waals surface area contributed by atoms with Gasteiger partial charge in [0.25, 0.3) is 0 Å². The van der Waals surface area contributed by atoms with Gasteiger partial charge in [0, 0.05) is 34.2 Å². The molecule has 0 unspecified atom stereocenters. The first-order valence-corrected chi connectivity index (χ1v) is 18.5. The van der Waals surface area contributed by atoms with E-state index in [1.54, 1.807) is 0 Å². The summed E-state index contributed by atoms with van der Waals surface area (Å²) in [7, 11) is 0. The van der Waals surface area contributed by atoms with Crippen molar-refractivity contribution in [3.05, 3.63) is 218 Å². The zero-order valence-electron chi connectivity index (χ0n) is 30.7. The largest absolute Gasteiger partial charge is 0.361 e. The first-order chi connectivity index (χ1) is 26.6. The van der Waals surface area contributed by atoms with Gasteiger partial charge < -0.3 is 10.2 Å². The molecule has 54 heavy (non-hydrogen) atoms. The van der Waals surface area contributed by atoms with E-state index in [-0.39, 0.29) is 0 Å². The predicted molar refractivity (Wildman–Crippen MR) is 235 cm³/mol. The highest BCUT2D eigenvalue weighted by Gasteiger charge is 2.20. The molecular formula is C52H42N2. The molecule has 0 aliphatic rings. The van der Waals surface area contributed by atoms with Gasteiger partial charge >= 0.3 is 0 Å². The van der Waals surface area contributed by atoms with Crippen molar-refractivity contribution in [3.63, 3.8) is 0 Å². The highest BCUT2D eigenvalue weighted by Crippen LogP contribution is 2.44. The zero-order chi connectivity index (χ0) is 36.9. The molecule has 0 aromatic heterocycles. The Morgan fingerprint density at radius 2 is 1.20 bits per heavy atom. The number of hydrogen-bond donors (Lipinski definition) is 1. The van der Waals surface area contributed by atoms with Crippen molar-refractivity contribution in [2.45, 2.75) is 13.8 Å². The second-order valence-electron chi connectivity index (χ2n) is 13.5. The Bertz CT molecular complexity index is 2650. The van der Waals surface area contributed by atoms with Crippen LogP contribution >= 0.6 is 0 Å². The lowest BCUT2D eigenvalue weighted by Crippen LogP contribution is -2.11. The Labute approximate surface area is 318 Å². The van der Waals surface area contributed by atoms with E-state index < -0.39 is 0 Å². The monoisotopic (exact) mass is 694 g/mol. The van der Waals surface area contributed by atoms with E-state index in [0.717, 1.165) is 50.6 Å². The first kappa shape index (κ1) is 34.2. The Kier molecular flexibility index (Phi) is 9.74. The molecule has 0 fully saturated rings. The Morgan fingerprint density at radius 1 is 0.556 bits per heavy atom. The van der Waals surface area contributed by atoms with Crippen molar-refractivity contribution >= 4 is 55.9 Å². The van der Waals surface area contributed by atoms with E-state index in [0.29, 0.717) is 0 Å². The molecule has 0 saturated heterocycles. The molecule has 8 aromatic rings. The summed E-state index contributed by atoms with van der Waals surface area (Å²) in [5.41, 5.74) is 13.5. The van der Waals surface area contributed by atoms with Crippen LogP contribution in [-0.4, -0.2) is 0 Å². The van der Waals surface area contributed by atoms with Gasteiger partial charge in [-0.2, -0.15) is 0 Å². The fraction of sp³-hybridized carbons (Fsp3) is 0.0385. The van der Waals surface area contributed by atoms with E-state index in [1.807, 2.05) is 24.3 Å². The second-order valence-corrected chi connectivity index (χ2v) is 13.5. The van der Waals surface area contributed by atoms with Gasteiger partial charge in [-0.25, -0.2) is 0 Å². The van der Waals surface area contributed by atoms with Crippen molar-refractivity contribution in [3.8, 4) is 22.3 Å². The van der Waals surface area contributed by atoms with Crippen LogP contribution in [0.15, 0.2) is 206 Å². The predicted octanol–water partition coefficient (Wildman–Crippen LogP) is 14.9. The third-order valence-electron chi connectivity index (χ3n) is 10.2. The Morgan fingerprint density at radius 3 is 1.94 bits per heavy atom. The Balaban J connectivity index is 1.29. The van der Waals surface area contributed by atoms with Crippen LogP contribution in [0, 0.1) is 0 Å². The number of para-hydroxylation sites is 1. The van der Waals surface area contributed by atoms with Gasteiger partial charge in [0.15, 0.2) is 0 Å². The van der Waals surface area contributed by atoms with E-state index in [1.165, 1.54) is 38.2 Å². The molecule has 0 amide bonds. The van der Waals surface area contributed by atoms with Crippen LogP contribution in [0.25, 0.3) is 55.4 Å². The molecule has 8 rings (SSSR count). The fourth-order valence-electron chi connectivity index (χ4n) is 7.40. The minimum absolute atomic E-state index is 1.04. The molecule has 260 valence electrons. The van der Waals surface area contributed by atoms with Crippen molar-refractivity contribution in [2.24, 2.45) is 0 Å². The number of fused-ring (bicyclic) bond motifs is 3. The topological polar surface area (TPSA) is 15.3 Å². The summed E-state index contributed by atoms with van der Waals surface area (Å²) in [5, 5.41) is 8.45. The van der Waals surface area contributed by atoms with Crippen LogP contribution in [0.1, 0.15) is 25.0 Å². The number of rotatable bonds is 10. The van der Waals surface area contributed by atoms with Crippen molar-refractivity contribution in [2.75, 3.05) is 10.2 Å². The van der Waals surface area contributed by atoms with Crippen LogP contribution in [-0.2, 0) is 0 Å². The van der Waals surface area contributed by atoms with Crippen molar-refractivity contribution < 1.29 is 0 Å². The molecule has 1 N–H and O–H groups in total. The number of benzene rings is 8. The summed E-state index contributed by atoms with van der Waals surface area (Å²) in [6.45, 7) is 8.48. The normalized spacial score (nSPS) is 11.8. The van der Waals surface area contributed by atoms with Crippen molar-refractivity contribution in [1.82, 2.24) is 0 Å². The first-order valence-electron chi connectivity index (χ1n) is 18.5. The van der Waals surface area contributed by atoms with Crippen LogP contribution < -0.4 is 10.2 Å². The lowest BCUT2D eigenvalue weighted by atomic mass is 9.87. The molecule has 0 heterocycles. The SMILES string of the molecule is C=Cc1cccc(-c2ccc(N(c3cccc(-c4ccccc4)c3)c3cc4ccccc4c4ccccc34)cc2)c1C(=C/Nc1ccccc1)/C(C)=C\C. The van der Waals surface area contributed by atoms with Gasteiger partial charge in [0.1, 0.15) is 0 Å². The molecule has 0 aliphatic carbocycles. The summed E-state index contributed by atoms with van der Waals surface area (Å²) in [6.07, 6.45) is 6.25. The summed E-state index contributed by atoms with van der Waals surface area (Å²) in [5.74, 6) is 0. The maximum Gasteiger partial charge on any atom is 0.0546 e. The van der Waals surface area contributed by atoms with E-state index in [2.05, 4.69) is 207 Å². The minimum atomic E-state index is 1.04. The van der Waals surface area contributed by atoms with Crippen LogP contribution in [0.4, 0.5) is 22.7 Å². The lowest BCUT2D eigenvalue weighted by Gasteiger charge is -2.28. The Hall–Kier alpha value is -6.90. The second kappa shape index (κ2) is 15.4. The minimum Gasteiger partial charge on any atom is -0.361 e. The van der Waals surface area contributed by atoms with Crippen LogP contribution in [0.5, 0.6) is 0 Å². The molecule has 0 aliphatic heterocycles. The van der Waals surface area contributed by atoms with Gasteiger partial charge in [0.05, 0.1) is 5.69 Å². The molecule has 0 bridgehead atoms. The standard InChI is InChI=1S/C52H42N2/c1-4-37(3)50(36-53-43-23-10-7-11-24-43)52-38(5-2)21-17-29-47(52)40-30-32-44(33-31-40)54(45-25-16-22-41(34-45)39-18-8-6-9-19-39)51-35-42-20-12-13-26-46(42)48-27-14-15-28-49(48)51/h4-36,53H,2H2,1,3H3/b37-4-,50-36+. The average molecular weight is 695 g/mol. The summed E-state index contributed by atoms with van der Waals surface area (Å²) < 4.78 is 0. The van der Waals surface area contributed by atoms with Gasteiger partial charge in [-0.05, 0) is 111 Å². The average Bonchev–Trinajstić information content (AvgIpc) is 3.25. The molecular weight excluding hydrogens is 653 g/mol. The van der Waals surface area contributed by atoms with E-state index in [9.17, 15) is 0 Å². The fourth-order valence-corrected chi connectivity index (χ4v) is 7.40. The number of anilines is 4. The summed E-state index contributed by atoms with van der Waals surface area (Å²) in [6, 6.07) is 65.1. The molecule has 0 atom stereocenters. The molecule has 0 radical (unpaired) electrons. The van der Waals surface area contributed by atoms with Gasteiger partial charge in [-0.15, -0.1) is 0 Å². The van der Waals surface area contributed by atoms with Gasteiger partial charge in [-0.3, -0.25) is 0 Å². The molecule has 0 spiro atoms. The van der Waals surface area contributed by atoms with E-state index in [4.69, 9.17) is 0 Å². The maximum absolute atomic E-state index is 4.22. The third-order valence-corrected chi connectivity index (χ3v) is 10.2. The van der Waals surface area contributed by atoms with Gasteiger partial charge in [0.2, 0.25) is 0 Å². The highest BCUT2D eigenvalue weighted by atomic mass is 15.1. The third kappa shape index (κ3) is 6.74. The number of nitrogens with one attached hydrogen (secondary N) is 1. The summed E-state index contributed by atoms with van der Waals surface area (Å²) >= 11 is 0. The van der Waals surface area contributed by atoms with E-state index >= 15 is 0 Å². The number of hydrogen-bond acceptors (Lipinski definition) is 2. The van der Waals surface area contributed by atoms with Gasteiger partial charge in [-0.1, -0.05) is 158 Å². The van der Waals surface area contributed by atoms with Crippen molar-refractivity contribution in [1.29, 1.82) is 0 Å². The molecule has 2 nitrogen and oxygen atoms in total. The molecule has 8 aromatic carbocycles. The zero-order valence-corrected chi connectivity index (χ0v) is 30.7. The number of nitrogens with zero attached hydrogens (tertiary/aromatic N) is 1. The summed E-state index contributed by atoms with van der Waals surface area (Å²) in [4.78, 5) is 2.41. The van der Waals surface area contributed by atoms with Crippen LogP contribution in [0.3, 0.4) is 0 Å². The quantitative estimate of drug-likeness (QED) is 0.113. The van der Waals surface area contributed by atoms with Crippen LogP contribution in [0.2, 0.25) is 0 Å². The lowest BCUT2D eigenvalue weighted by molar-refractivity contribution is 1.30. The molecule has 0 saturated carbocycles. The smallest absolute Gasteiger partial charge is 0.0546 e. The highest BCUT2D eigenvalue weighted by molar-refractivity contribution is 6.14.